The number of anilines is 1. The zero-order valence-electron chi connectivity index (χ0n) is 11.3. The quantitative estimate of drug-likeness (QED) is 0.370. The van der Waals surface area contributed by atoms with E-state index in [2.05, 4.69) is 27.3 Å². The Morgan fingerprint density at radius 2 is 2.00 bits per heavy atom. The van der Waals surface area contributed by atoms with Gasteiger partial charge >= 0.3 is 0 Å². The summed E-state index contributed by atoms with van der Waals surface area (Å²) in [5.74, 6) is 0.700. The first-order valence-electron chi connectivity index (χ1n) is 6.25. The van der Waals surface area contributed by atoms with Crippen LogP contribution in [0.25, 0.3) is 0 Å². The van der Waals surface area contributed by atoms with Crippen molar-refractivity contribution in [3.8, 4) is 0 Å². The summed E-state index contributed by atoms with van der Waals surface area (Å²) in [5, 5.41) is 11.4. The van der Waals surface area contributed by atoms with Gasteiger partial charge in [-0.1, -0.05) is 35.5 Å². The molecule has 0 radical (unpaired) electrons. The fourth-order valence-corrected chi connectivity index (χ4v) is 1.76. The first-order valence-corrected chi connectivity index (χ1v) is 6.25. The highest BCUT2D eigenvalue weighted by molar-refractivity contribution is 5.94. The number of hydrogen-bond donors (Lipinski definition) is 2. The molecule has 6 heteroatoms. The van der Waals surface area contributed by atoms with E-state index in [1.807, 2.05) is 30.1 Å². The van der Waals surface area contributed by atoms with Crippen LogP contribution in [0.5, 0.6) is 0 Å². The minimum atomic E-state index is -0.0454. The standard InChI is InChI=1S/C14H17N5O/c1-19(8-7-11-5-3-2-4-6-11)13-10-16-12(9-17-13)14(15)18-20/h2-6,9-10,20H,7-8H2,1H3,(H2,15,18). The molecule has 0 aliphatic heterocycles. The fourth-order valence-electron chi connectivity index (χ4n) is 1.76. The molecule has 0 aliphatic rings. The third-order valence-corrected chi connectivity index (χ3v) is 2.98. The molecule has 0 saturated carbocycles. The van der Waals surface area contributed by atoms with Gasteiger partial charge in [0.1, 0.15) is 11.5 Å². The summed E-state index contributed by atoms with van der Waals surface area (Å²) in [6.07, 6.45) is 4.03. The van der Waals surface area contributed by atoms with Crippen LogP contribution in [0.1, 0.15) is 11.3 Å². The maximum Gasteiger partial charge on any atom is 0.190 e. The van der Waals surface area contributed by atoms with Crippen LogP contribution >= 0.6 is 0 Å². The second-order valence-electron chi connectivity index (χ2n) is 4.40. The number of benzene rings is 1. The molecule has 0 bridgehead atoms. The van der Waals surface area contributed by atoms with Crippen LogP contribution in [-0.4, -0.2) is 34.6 Å². The van der Waals surface area contributed by atoms with Crippen LogP contribution in [0.2, 0.25) is 0 Å². The average Bonchev–Trinajstić information content (AvgIpc) is 2.53. The molecule has 0 atom stereocenters. The van der Waals surface area contributed by atoms with Gasteiger partial charge in [-0.05, 0) is 12.0 Å². The maximum atomic E-state index is 8.56. The van der Waals surface area contributed by atoms with Gasteiger partial charge in [-0.3, -0.25) is 0 Å². The first-order chi connectivity index (χ1) is 9.70. The zero-order valence-corrected chi connectivity index (χ0v) is 11.3. The molecule has 0 fully saturated rings. The molecule has 1 aromatic heterocycles. The van der Waals surface area contributed by atoms with Crippen LogP contribution in [0.15, 0.2) is 47.9 Å². The lowest BCUT2D eigenvalue weighted by atomic mass is 10.1. The van der Waals surface area contributed by atoms with Crippen molar-refractivity contribution in [3.63, 3.8) is 0 Å². The highest BCUT2D eigenvalue weighted by Gasteiger charge is 2.06. The van der Waals surface area contributed by atoms with E-state index in [0.717, 1.165) is 18.8 Å². The summed E-state index contributed by atoms with van der Waals surface area (Å²) >= 11 is 0. The second-order valence-corrected chi connectivity index (χ2v) is 4.40. The van der Waals surface area contributed by atoms with Gasteiger partial charge in [0.05, 0.1) is 12.4 Å². The third kappa shape index (κ3) is 3.44. The number of rotatable bonds is 5. The van der Waals surface area contributed by atoms with Crippen molar-refractivity contribution in [2.24, 2.45) is 10.9 Å². The van der Waals surface area contributed by atoms with Crippen LogP contribution in [-0.2, 0) is 6.42 Å². The summed E-state index contributed by atoms with van der Waals surface area (Å²) in [6.45, 7) is 0.835. The molecule has 2 rings (SSSR count). The highest BCUT2D eigenvalue weighted by atomic mass is 16.4. The van der Waals surface area contributed by atoms with Gasteiger partial charge < -0.3 is 15.8 Å². The first kappa shape index (κ1) is 13.8. The van der Waals surface area contributed by atoms with E-state index in [9.17, 15) is 0 Å². The number of hydrogen-bond acceptors (Lipinski definition) is 5. The molecule has 3 N–H and O–H groups in total. The van der Waals surface area contributed by atoms with Gasteiger partial charge in [-0.15, -0.1) is 0 Å². The van der Waals surface area contributed by atoms with Crippen molar-refractivity contribution in [1.29, 1.82) is 0 Å². The lowest BCUT2D eigenvalue weighted by Gasteiger charge is -2.17. The number of nitrogens with two attached hydrogens (primary N) is 1. The van der Waals surface area contributed by atoms with Crippen molar-refractivity contribution < 1.29 is 5.21 Å². The smallest absolute Gasteiger partial charge is 0.190 e. The maximum absolute atomic E-state index is 8.56. The van der Waals surface area contributed by atoms with E-state index in [0.29, 0.717) is 5.69 Å². The Bertz CT molecular complexity index is 568. The van der Waals surface area contributed by atoms with Crippen molar-refractivity contribution in [3.05, 3.63) is 54.0 Å². The average molecular weight is 271 g/mol. The predicted octanol–water partition coefficient (Wildman–Crippen LogP) is 1.25. The Morgan fingerprint density at radius 1 is 1.25 bits per heavy atom. The minimum absolute atomic E-state index is 0.0454. The van der Waals surface area contributed by atoms with Crippen LogP contribution in [0.4, 0.5) is 5.82 Å². The van der Waals surface area contributed by atoms with E-state index in [1.165, 1.54) is 11.8 Å². The largest absolute Gasteiger partial charge is 0.409 e. The Morgan fingerprint density at radius 3 is 2.60 bits per heavy atom. The van der Waals surface area contributed by atoms with Crippen molar-refractivity contribution in [2.45, 2.75) is 6.42 Å². The second kappa shape index (κ2) is 6.51. The molecule has 0 amide bonds. The predicted molar refractivity (Wildman–Crippen MR) is 78.0 cm³/mol. The number of nitrogens with zero attached hydrogens (tertiary/aromatic N) is 4. The monoisotopic (exact) mass is 271 g/mol. The summed E-state index contributed by atoms with van der Waals surface area (Å²) in [6, 6.07) is 10.3. The Hall–Kier alpha value is -2.63. The van der Waals surface area contributed by atoms with E-state index in [1.54, 1.807) is 6.20 Å². The molecular formula is C14H17N5O. The van der Waals surface area contributed by atoms with Gasteiger partial charge in [0.2, 0.25) is 0 Å². The van der Waals surface area contributed by atoms with Gasteiger partial charge in [-0.25, -0.2) is 9.97 Å². The Balaban J connectivity index is 1.97. The SMILES string of the molecule is CN(CCc1ccccc1)c1cnc(C(N)=NO)cn1. The van der Waals surface area contributed by atoms with Crippen molar-refractivity contribution >= 4 is 11.7 Å². The molecule has 20 heavy (non-hydrogen) atoms. The number of aromatic nitrogens is 2. The van der Waals surface area contributed by atoms with Gasteiger partial charge in [0.15, 0.2) is 5.84 Å². The molecule has 104 valence electrons. The van der Waals surface area contributed by atoms with Crippen LogP contribution in [0, 0.1) is 0 Å². The molecule has 0 saturated heterocycles. The minimum Gasteiger partial charge on any atom is -0.409 e. The number of oxime groups is 1. The van der Waals surface area contributed by atoms with E-state index in [4.69, 9.17) is 10.9 Å². The van der Waals surface area contributed by atoms with E-state index >= 15 is 0 Å². The van der Waals surface area contributed by atoms with Crippen LogP contribution < -0.4 is 10.6 Å². The molecular weight excluding hydrogens is 254 g/mol. The van der Waals surface area contributed by atoms with Gasteiger partial charge in [-0.2, -0.15) is 0 Å². The summed E-state index contributed by atoms with van der Waals surface area (Å²) in [5.41, 5.74) is 7.07. The zero-order chi connectivity index (χ0) is 14.4. The number of likely N-dealkylation sites (N-methyl/N-ethyl adjacent to an activating group) is 1. The fraction of sp³-hybridized carbons (Fsp3) is 0.214. The topological polar surface area (TPSA) is 87.6 Å². The molecule has 0 unspecified atom stereocenters. The lowest BCUT2D eigenvalue weighted by Crippen LogP contribution is -2.22. The molecule has 0 spiro atoms. The lowest BCUT2D eigenvalue weighted by molar-refractivity contribution is 0.318. The summed E-state index contributed by atoms with van der Waals surface area (Å²) < 4.78 is 0. The summed E-state index contributed by atoms with van der Waals surface area (Å²) in [4.78, 5) is 10.4. The third-order valence-electron chi connectivity index (χ3n) is 2.98. The Kier molecular flexibility index (Phi) is 4.49. The van der Waals surface area contributed by atoms with E-state index < -0.39 is 0 Å². The normalized spacial score (nSPS) is 11.3. The molecule has 6 nitrogen and oxygen atoms in total. The molecule has 1 aromatic carbocycles. The van der Waals surface area contributed by atoms with Crippen LogP contribution in [0.3, 0.4) is 0 Å². The Labute approximate surface area is 117 Å². The van der Waals surface area contributed by atoms with Gasteiger partial charge in [0, 0.05) is 13.6 Å². The van der Waals surface area contributed by atoms with Gasteiger partial charge in [0.25, 0.3) is 0 Å². The number of amidine groups is 1. The highest BCUT2D eigenvalue weighted by Crippen LogP contribution is 2.08. The molecule has 1 heterocycles. The van der Waals surface area contributed by atoms with E-state index in [-0.39, 0.29) is 5.84 Å². The molecule has 2 aromatic rings. The molecule has 0 aliphatic carbocycles. The van der Waals surface area contributed by atoms with Crippen molar-refractivity contribution in [1.82, 2.24) is 9.97 Å². The van der Waals surface area contributed by atoms with Crippen molar-refractivity contribution in [2.75, 3.05) is 18.5 Å². The summed E-state index contributed by atoms with van der Waals surface area (Å²) in [7, 11) is 1.95.